The van der Waals surface area contributed by atoms with E-state index in [0.717, 1.165) is 23.7 Å². The van der Waals surface area contributed by atoms with Crippen LogP contribution in [0.3, 0.4) is 0 Å². The first-order valence-corrected chi connectivity index (χ1v) is 11.5. The van der Waals surface area contributed by atoms with Gasteiger partial charge in [0, 0.05) is 17.7 Å². The van der Waals surface area contributed by atoms with Gasteiger partial charge < -0.3 is 5.11 Å². The monoisotopic (exact) mass is 359 g/mol. The molecule has 2 heteroatoms. The lowest BCUT2D eigenvalue weighted by atomic mass is 9.44. The third-order valence-electron chi connectivity index (χ3n) is 9.70. The second kappa shape index (κ2) is 6.90. The second-order valence-corrected chi connectivity index (χ2v) is 10.8. The molecule has 4 rings (SSSR count). The first-order valence-electron chi connectivity index (χ1n) is 11.5. The van der Waals surface area contributed by atoms with Gasteiger partial charge in [-0.3, -0.25) is 4.99 Å². The average Bonchev–Trinajstić information content (AvgIpc) is 3.00. The third-order valence-corrected chi connectivity index (χ3v) is 9.70. The molecule has 8 unspecified atom stereocenters. The third kappa shape index (κ3) is 2.73. The van der Waals surface area contributed by atoms with E-state index < -0.39 is 0 Å². The van der Waals surface area contributed by atoms with Crippen LogP contribution in [0.5, 0.6) is 0 Å². The Kier molecular flexibility index (Phi) is 5.04. The molecule has 4 fully saturated rings. The summed E-state index contributed by atoms with van der Waals surface area (Å²) in [5.41, 5.74) is 1.96. The van der Waals surface area contributed by atoms with Gasteiger partial charge in [-0.25, -0.2) is 0 Å². The Morgan fingerprint density at radius 3 is 2.54 bits per heavy atom. The summed E-state index contributed by atoms with van der Waals surface area (Å²) < 4.78 is 0. The molecular weight excluding hydrogens is 318 g/mol. The minimum absolute atomic E-state index is 0.164. The van der Waals surface area contributed by atoms with Crippen molar-refractivity contribution in [3.63, 3.8) is 0 Å². The molecule has 0 spiro atoms. The van der Waals surface area contributed by atoms with Crippen molar-refractivity contribution in [2.75, 3.05) is 6.61 Å². The standard InChI is InChI=1S/C24H41NO/c1-16(2)25-17(3)20-10-11-22-19-9-8-18-7-5-6-13-23(18,4)21(19)12-14-24(20,22)15-26/h17-22,26H,5-15H2,1-4H3. The summed E-state index contributed by atoms with van der Waals surface area (Å²) in [4.78, 5) is 4.93. The molecule has 0 aromatic carbocycles. The maximum atomic E-state index is 10.6. The van der Waals surface area contributed by atoms with E-state index in [4.69, 9.17) is 4.99 Å². The van der Waals surface area contributed by atoms with Crippen molar-refractivity contribution in [1.82, 2.24) is 0 Å². The number of nitrogens with zero attached hydrogens (tertiary/aromatic N) is 1. The van der Waals surface area contributed by atoms with Crippen LogP contribution in [0.1, 0.15) is 91.9 Å². The van der Waals surface area contributed by atoms with Gasteiger partial charge in [0.05, 0.1) is 6.04 Å². The van der Waals surface area contributed by atoms with E-state index >= 15 is 0 Å². The summed E-state index contributed by atoms with van der Waals surface area (Å²) in [5, 5.41) is 10.6. The van der Waals surface area contributed by atoms with Crippen molar-refractivity contribution in [3.8, 4) is 0 Å². The van der Waals surface area contributed by atoms with Gasteiger partial charge in [-0.1, -0.05) is 19.8 Å². The van der Waals surface area contributed by atoms with Crippen LogP contribution in [-0.4, -0.2) is 23.5 Å². The molecule has 4 aliphatic rings. The van der Waals surface area contributed by atoms with Gasteiger partial charge in [0.25, 0.3) is 0 Å². The molecule has 0 radical (unpaired) electrons. The van der Waals surface area contributed by atoms with Crippen LogP contribution in [0.4, 0.5) is 0 Å². The maximum Gasteiger partial charge on any atom is 0.0505 e. The fraction of sp³-hybridized carbons (Fsp3) is 0.958. The molecule has 8 atom stereocenters. The van der Waals surface area contributed by atoms with Crippen molar-refractivity contribution in [1.29, 1.82) is 0 Å². The Morgan fingerprint density at radius 2 is 1.81 bits per heavy atom. The van der Waals surface area contributed by atoms with Gasteiger partial charge in [0.1, 0.15) is 0 Å². The minimum atomic E-state index is 0.164. The molecule has 0 aromatic heterocycles. The molecule has 0 bridgehead atoms. The smallest absolute Gasteiger partial charge is 0.0505 e. The molecule has 1 N–H and O–H groups in total. The van der Waals surface area contributed by atoms with Crippen LogP contribution < -0.4 is 0 Å². The number of aliphatic imine (C=N–C) groups is 1. The quantitative estimate of drug-likeness (QED) is 0.627. The number of aliphatic hydroxyl groups is 1. The van der Waals surface area contributed by atoms with Crippen molar-refractivity contribution in [2.45, 2.75) is 97.9 Å². The molecule has 26 heavy (non-hydrogen) atoms. The predicted octanol–water partition coefficient (Wildman–Crippen LogP) is 5.88. The molecule has 4 aliphatic carbocycles. The highest BCUT2D eigenvalue weighted by atomic mass is 16.3. The zero-order valence-electron chi connectivity index (χ0n) is 17.6. The van der Waals surface area contributed by atoms with Crippen LogP contribution in [0.2, 0.25) is 0 Å². The Hall–Kier alpha value is -0.370. The van der Waals surface area contributed by atoms with Crippen molar-refractivity contribution < 1.29 is 5.11 Å². The van der Waals surface area contributed by atoms with Crippen LogP contribution in [0.15, 0.2) is 4.99 Å². The van der Waals surface area contributed by atoms with E-state index in [1.807, 2.05) is 0 Å². The highest BCUT2D eigenvalue weighted by Gasteiger charge is 2.61. The summed E-state index contributed by atoms with van der Waals surface area (Å²) in [6, 6.07) is 0.371. The lowest BCUT2D eigenvalue weighted by Crippen LogP contribution is -2.55. The lowest BCUT2D eigenvalue weighted by Gasteiger charge is -2.61. The van der Waals surface area contributed by atoms with E-state index in [-0.39, 0.29) is 5.41 Å². The van der Waals surface area contributed by atoms with Gasteiger partial charge in [-0.15, -0.1) is 0 Å². The second-order valence-electron chi connectivity index (χ2n) is 10.8. The normalized spacial score (nSPS) is 48.9. The largest absolute Gasteiger partial charge is 0.396 e. The number of hydrogen-bond acceptors (Lipinski definition) is 2. The van der Waals surface area contributed by atoms with Gasteiger partial charge >= 0.3 is 0 Å². The Bertz CT molecular complexity index is 552. The van der Waals surface area contributed by atoms with Crippen molar-refractivity contribution >= 4 is 5.71 Å². The first-order chi connectivity index (χ1) is 12.4. The molecule has 148 valence electrons. The zero-order valence-corrected chi connectivity index (χ0v) is 17.6. The summed E-state index contributed by atoms with van der Waals surface area (Å²) in [5.74, 6) is 4.13. The predicted molar refractivity (Wildman–Crippen MR) is 109 cm³/mol. The molecule has 0 aliphatic heterocycles. The van der Waals surface area contributed by atoms with E-state index in [9.17, 15) is 5.11 Å². The van der Waals surface area contributed by atoms with Gasteiger partial charge in [-0.2, -0.15) is 0 Å². The number of aliphatic hydroxyl groups excluding tert-OH is 1. The Morgan fingerprint density at radius 1 is 1.00 bits per heavy atom. The van der Waals surface area contributed by atoms with Crippen LogP contribution in [-0.2, 0) is 0 Å². The molecule has 0 heterocycles. The summed E-state index contributed by atoms with van der Waals surface area (Å²) in [6.07, 6.45) is 14.0. The van der Waals surface area contributed by atoms with E-state index in [1.54, 1.807) is 0 Å². The molecule has 2 nitrogen and oxygen atoms in total. The van der Waals surface area contributed by atoms with E-state index in [0.29, 0.717) is 24.0 Å². The van der Waals surface area contributed by atoms with Gasteiger partial charge in [0.15, 0.2) is 0 Å². The maximum absolute atomic E-state index is 10.6. The minimum Gasteiger partial charge on any atom is -0.396 e. The van der Waals surface area contributed by atoms with Gasteiger partial charge in [0.2, 0.25) is 0 Å². The summed E-state index contributed by atoms with van der Waals surface area (Å²) in [7, 11) is 0. The van der Waals surface area contributed by atoms with Gasteiger partial charge in [-0.05, 0) is 107 Å². The molecule has 4 saturated carbocycles. The van der Waals surface area contributed by atoms with Crippen molar-refractivity contribution in [3.05, 3.63) is 0 Å². The topological polar surface area (TPSA) is 32.6 Å². The summed E-state index contributed by atoms with van der Waals surface area (Å²) >= 11 is 0. The Labute approximate surface area is 161 Å². The van der Waals surface area contributed by atoms with Crippen LogP contribution in [0.25, 0.3) is 0 Å². The van der Waals surface area contributed by atoms with E-state index in [1.165, 1.54) is 69.9 Å². The number of rotatable bonds is 3. The number of fused-ring (bicyclic) bond motifs is 5. The SMILES string of the molecule is CC(C)=NC(C)C1CCC2C3CCC4CCCCC4(C)C3CCC12CO. The number of hydrogen-bond donors (Lipinski definition) is 1. The van der Waals surface area contributed by atoms with Crippen molar-refractivity contribution in [2.24, 2.45) is 45.4 Å². The zero-order chi connectivity index (χ0) is 18.5. The first kappa shape index (κ1) is 19.0. The van der Waals surface area contributed by atoms with E-state index in [2.05, 4.69) is 27.7 Å². The molecule has 0 aromatic rings. The summed E-state index contributed by atoms with van der Waals surface area (Å²) in [6.45, 7) is 9.60. The fourth-order valence-electron chi connectivity index (χ4n) is 8.68. The highest BCUT2D eigenvalue weighted by molar-refractivity contribution is 5.79. The van der Waals surface area contributed by atoms with Crippen LogP contribution in [0, 0.1) is 40.4 Å². The fourth-order valence-corrected chi connectivity index (χ4v) is 8.68. The highest BCUT2D eigenvalue weighted by Crippen LogP contribution is 2.67. The van der Waals surface area contributed by atoms with Crippen LogP contribution >= 0.6 is 0 Å². The average molecular weight is 360 g/mol. The molecular formula is C24H41NO. The Balaban J connectivity index is 1.62. The lowest BCUT2D eigenvalue weighted by molar-refractivity contribution is -0.129. The molecule has 0 amide bonds. The molecule has 0 saturated heterocycles.